The predicted octanol–water partition coefficient (Wildman–Crippen LogP) is 4.20. The highest BCUT2D eigenvalue weighted by Gasteiger charge is 2.47. The number of methoxy groups -OCH3 is 1. The Balaban J connectivity index is 1.59. The number of carboxylic acids is 1. The van der Waals surface area contributed by atoms with Gasteiger partial charge in [-0.05, 0) is 80.1 Å². The molecule has 164 valence electrons. The monoisotopic (exact) mass is 433 g/mol. The Labute approximate surface area is 179 Å². The molecule has 4 unspecified atom stereocenters. The summed E-state index contributed by atoms with van der Waals surface area (Å²) in [7, 11) is -1.97. The number of carbonyl (C=O) groups is 1. The van der Waals surface area contributed by atoms with E-state index >= 15 is 0 Å². The predicted molar refractivity (Wildman–Crippen MR) is 117 cm³/mol. The van der Waals surface area contributed by atoms with Crippen molar-refractivity contribution in [2.24, 2.45) is 17.8 Å². The smallest absolute Gasteiger partial charge is 0.303 e. The number of rotatable bonds is 11. The van der Waals surface area contributed by atoms with E-state index in [9.17, 15) is 13.2 Å². The van der Waals surface area contributed by atoms with Gasteiger partial charge in [0.25, 0.3) is 0 Å². The maximum atomic E-state index is 12.7. The number of hydrogen-bond donors (Lipinski definition) is 2. The average molecular weight is 434 g/mol. The van der Waals surface area contributed by atoms with E-state index in [1.165, 1.54) is 11.8 Å². The van der Waals surface area contributed by atoms with Crippen molar-refractivity contribution in [2.45, 2.75) is 51.0 Å². The van der Waals surface area contributed by atoms with Crippen molar-refractivity contribution < 1.29 is 23.1 Å². The molecule has 0 amide bonds. The summed E-state index contributed by atoms with van der Waals surface area (Å²) in [4.78, 5) is 10.6. The maximum Gasteiger partial charge on any atom is 0.303 e. The Hall–Kier alpha value is -2.12. The first-order chi connectivity index (χ1) is 14.4. The number of nitrogens with one attached hydrogen (secondary N) is 1. The first kappa shape index (κ1) is 22.6. The summed E-state index contributed by atoms with van der Waals surface area (Å²) in [5.41, 5.74) is 0.772. The van der Waals surface area contributed by atoms with Gasteiger partial charge in [-0.3, -0.25) is 4.79 Å². The molecule has 2 N–H and O–H groups in total. The molecular formula is C23H31NO5S. The lowest BCUT2D eigenvalue weighted by molar-refractivity contribution is -0.137. The number of fused-ring (bicyclic) bond motifs is 2. The van der Waals surface area contributed by atoms with Crippen LogP contribution < -0.4 is 9.46 Å². The lowest BCUT2D eigenvalue weighted by Gasteiger charge is -2.30. The molecule has 2 aliphatic carbocycles. The van der Waals surface area contributed by atoms with Crippen LogP contribution in [-0.2, 0) is 14.8 Å². The average Bonchev–Trinajstić information content (AvgIpc) is 3.31. The lowest BCUT2D eigenvalue weighted by atomic mass is 9.83. The highest BCUT2D eigenvalue weighted by molar-refractivity contribution is 7.92. The van der Waals surface area contributed by atoms with Crippen LogP contribution in [0.4, 0.5) is 0 Å². The Morgan fingerprint density at radius 1 is 1.27 bits per heavy atom. The Bertz CT molecular complexity index is 893. The molecule has 4 atom stereocenters. The highest BCUT2D eigenvalue weighted by atomic mass is 32.2. The van der Waals surface area contributed by atoms with Gasteiger partial charge >= 0.3 is 5.97 Å². The minimum Gasteiger partial charge on any atom is -0.497 e. The van der Waals surface area contributed by atoms with Crippen molar-refractivity contribution in [3.63, 3.8) is 0 Å². The van der Waals surface area contributed by atoms with E-state index in [4.69, 9.17) is 9.84 Å². The van der Waals surface area contributed by atoms with Crippen LogP contribution in [0.25, 0.3) is 6.08 Å². The van der Waals surface area contributed by atoms with E-state index < -0.39 is 16.0 Å². The number of allylic oxidation sites excluding steroid dienone is 2. The van der Waals surface area contributed by atoms with Crippen LogP contribution in [0.15, 0.2) is 41.8 Å². The second-order valence-electron chi connectivity index (χ2n) is 8.26. The van der Waals surface area contributed by atoms with E-state index in [-0.39, 0.29) is 12.5 Å². The van der Waals surface area contributed by atoms with Gasteiger partial charge in [-0.15, -0.1) is 0 Å². The minimum atomic E-state index is -3.55. The first-order valence-electron chi connectivity index (χ1n) is 10.6. The van der Waals surface area contributed by atoms with Crippen LogP contribution in [0.2, 0.25) is 0 Å². The molecule has 1 aromatic rings. The fourth-order valence-electron chi connectivity index (χ4n) is 4.82. The number of unbranched alkanes of at least 4 members (excludes halogenated alkanes) is 1. The van der Waals surface area contributed by atoms with Crippen molar-refractivity contribution in [1.82, 2.24) is 4.72 Å². The number of benzene rings is 1. The molecule has 2 bridgehead atoms. The summed E-state index contributed by atoms with van der Waals surface area (Å²) in [6.45, 7) is 0. The normalized spacial score (nSPS) is 26.0. The van der Waals surface area contributed by atoms with Crippen LogP contribution in [0, 0.1) is 17.8 Å². The van der Waals surface area contributed by atoms with Crippen LogP contribution in [0.3, 0.4) is 0 Å². The van der Waals surface area contributed by atoms with Crippen LogP contribution in [0.1, 0.15) is 50.5 Å². The summed E-state index contributed by atoms with van der Waals surface area (Å²) in [5, 5.41) is 9.94. The zero-order valence-electron chi connectivity index (χ0n) is 17.4. The molecule has 0 saturated heterocycles. The van der Waals surface area contributed by atoms with Gasteiger partial charge in [0, 0.05) is 17.9 Å². The number of hydrogen-bond acceptors (Lipinski definition) is 4. The minimum absolute atomic E-state index is 0.0348. The third-order valence-corrected chi connectivity index (χ3v) is 7.35. The van der Waals surface area contributed by atoms with E-state index in [0.717, 1.165) is 31.2 Å². The number of sulfonamides is 1. The standard InChI is InChI=1S/C23H31NO5S/c1-29-20-8-6-7-17(15-20)13-14-30(27,28)24-23-19-12-11-18(16-19)21(23)9-4-2-3-5-10-22(25)26/h2,4,6-8,13-15,18-19,21,23-24H,3,5,9-12,16H2,1H3,(H,25,26)/b4-2+,14-13+. The fourth-order valence-corrected chi connectivity index (χ4v) is 5.98. The van der Waals surface area contributed by atoms with Crippen molar-refractivity contribution in [2.75, 3.05) is 7.11 Å². The number of carboxylic acid groups (broad SMARTS) is 1. The van der Waals surface area contributed by atoms with E-state index in [1.807, 2.05) is 24.3 Å². The summed E-state index contributed by atoms with van der Waals surface area (Å²) in [6, 6.07) is 7.24. The second kappa shape index (κ2) is 10.3. The molecule has 0 aliphatic heterocycles. The lowest BCUT2D eigenvalue weighted by Crippen LogP contribution is -2.43. The van der Waals surface area contributed by atoms with Crippen molar-refractivity contribution in [3.8, 4) is 5.75 Å². The molecule has 0 spiro atoms. The molecule has 0 radical (unpaired) electrons. The Morgan fingerprint density at radius 2 is 2.07 bits per heavy atom. The van der Waals surface area contributed by atoms with Crippen LogP contribution >= 0.6 is 0 Å². The van der Waals surface area contributed by atoms with Gasteiger partial charge in [0.2, 0.25) is 10.0 Å². The highest BCUT2D eigenvalue weighted by Crippen LogP contribution is 2.50. The summed E-state index contributed by atoms with van der Waals surface area (Å²) in [6.07, 6.45) is 11.4. The van der Waals surface area contributed by atoms with E-state index in [1.54, 1.807) is 19.3 Å². The molecule has 7 heteroatoms. The summed E-state index contributed by atoms with van der Waals surface area (Å²) < 4.78 is 33.6. The number of aliphatic carboxylic acids is 1. The molecule has 0 heterocycles. The topological polar surface area (TPSA) is 92.7 Å². The third-order valence-electron chi connectivity index (χ3n) is 6.26. The first-order valence-corrected chi connectivity index (χ1v) is 12.1. The summed E-state index contributed by atoms with van der Waals surface area (Å²) >= 11 is 0. The van der Waals surface area contributed by atoms with Gasteiger partial charge in [-0.2, -0.15) is 0 Å². The second-order valence-corrected chi connectivity index (χ2v) is 9.86. The van der Waals surface area contributed by atoms with Crippen LogP contribution in [0.5, 0.6) is 5.75 Å². The zero-order chi connectivity index (χ0) is 21.6. The molecule has 2 aliphatic rings. The van der Waals surface area contributed by atoms with Gasteiger partial charge in [0.1, 0.15) is 5.75 Å². The molecule has 30 heavy (non-hydrogen) atoms. The molecule has 2 fully saturated rings. The molecule has 3 rings (SSSR count). The Morgan fingerprint density at radius 3 is 2.83 bits per heavy atom. The van der Waals surface area contributed by atoms with Gasteiger partial charge < -0.3 is 9.84 Å². The molecular weight excluding hydrogens is 402 g/mol. The van der Waals surface area contributed by atoms with Crippen molar-refractivity contribution in [1.29, 1.82) is 0 Å². The van der Waals surface area contributed by atoms with Crippen molar-refractivity contribution >= 4 is 22.1 Å². The van der Waals surface area contributed by atoms with Gasteiger partial charge in [0.05, 0.1) is 7.11 Å². The largest absolute Gasteiger partial charge is 0.497 e. The van der Waals surface area contributed by atoms with Gasteiger partial charge in [-0.25, -0.2) is 13.1 Å². The SMILES string of the molecule is COc1cccc(/C=C/S(=O)(=O)NC2C3CCC(C3)C2C/C=C/CCCC(=O)O)c1. The van der Waals surface area contributed by atoms with Gasteiger partial charge in [0.15, 0.2) is 0 Å². The molecule has 1 aromatic carbocycles. The van der Waals surface area contributed by atoms with E-state index in [0.29, 0.717) is 29.9 Å². The van der Waals surface area contributed by atoms with E-state index in [2.05, 4.69) is 10.8 Å². The summed E-state index contributed by atoms with van der Waals surface area (Å²) in [5.74, 6) is 1.19. The van der Waals surface area contributed by atoms with Crippen LogP contribution in [-0.4, -0.2) is 32.6 Å². The maximum absolute atomic E-state index is 12.7. The third kappa shape index (κ3) is 6.19. The quantitative estimate of drug-likeness (QED) is 0.403. The fraction of sp³-hybridized carbons (Fsp3) is 0.522. The zero-order valence-corrected chi connectivity index (χ0v) is 18.2. The Kier molecular flexibility index (Phi) is 7.72. The molecule has 6 nitrogen and oxygen atoms in total. The molecule has 2 saturated carbocycles. The molecule has 0 aromatic heterocycles. The van der Waals surface area contributed by atoms with Gasteiger partial charge in [-0.1, -0.05) is 24.3 Å². The number of ether oxygens (including phenoxy) is 1. The van der Waals surface area contributed by atoms with Crippen molar-refractivity contribution in [3.05, 3.63) is 47.4 Å².